The minimum atomic E-state index is -0.485. The molecule has 1 aromatic heterocycles. The van der Waals surface area contributed by atoms with E-state index in [2.05, 4.69) is 9.97 Å². The van der Waals surface area contributed by atoms with Crippen LogP contribution >= 0.6 is 11.8 Å². The Labute approximate surface area is 81.4 Å². The van der Waals surface area contributed by atoms with Gasteiger partial charge in [-0.1, -0.05) is 0 Å². The number of hydrogen-bond acceptors (Lipinski definition) is 4. The number of rotatable bonds is 4. The Hall–Kier alpha value is -0.840. The fourth-order valence-corrected chi connectivity index (χ4v) is 1.33. The third-order valence-corrected chi connectivity index (χ3v) is 2.23. The van der Waals surface area contributed by atoms with Crippen LogP contribution in [0.1, 0.15) is 0 Å². The second kappa shape index (κ2) is 5.01. The first kappa shape index (κ1) is 10.2. The van der Waals surface area contributed by atoms with E-state index in [4.69, 9.17) is 0 Å². The Morgan fingerprint density at radius 2 is 2.31 bits per heavy atom. The highest BCUT2D eigenvalue weighted by atomic mass is 32.2. The van der Waals surface area contributed by atoms with Crippen molar-refractivity contribution < 1.29 is 4.39 Å². The lowest BCUT2D eigenvalue weighted by molar-refractivity contribution is 0.579. The number of aromatic nitrogens is 2. The topological polar surface area (TPSA) is 29.0 Å². The second-order valence-electron chi connectivity index (χ2n) is 2.61. The predicted molar refractivity (Wildman–Crippen MR) is 53.6 cm³/mol. The smallest absolute Gasteiger partial charge is 0.218 e. The Morgan fingerprint density at radius 3 is 2.92 bits per heavy atom. The van der Waals surface area contributed by atoms with E-state index in [1.807, 2.05) is 18.2 Å². The summed E-state index contributed by atoms with van der Waals surface area (Å²) >= 11 is 1.75. The standard InChI is InChI=1S/C8H12FN3S/c1-12(3-4-13-2)8-5-7(9)10-6-11-8/h5-6H,3-4H2,1-2H3. The van der Waals surface area contributed by atoms with Crippen molar-refractivity contribution in [3.63, 3.8) is 0 Å². The Bertz CT molecular complexity index is 269. The summed E-state index contributed by atoms with van der Waals surface area (Å²) in [6.45, 7) is 0.859. The molecule has 1 heterocycles. The minimum Gasteiger partial charge on any atom is -0.359 e. The van der Waals surface area contributed by atoms with Gasteiger partial charge in [0, 0.05) is 25.4 Å². The molecule has 0 fully saturated rings. The van der Waals surface area contributed by atoms with Gasteiger partial charge in [0.05, 0.1) is 0 Å². The highest BCUT2D eigenvalue weighted by Crippen LogP contribution is 2.08. The average molecular weight is 201 g/mol. The van der Waals surface area contributed by atoms with Crippen LogP contribution in [0, 0.1) is 5.95 Å². The van der Waals surface area contributed by atoms with E-state index in [0.717, 1.165) is 12.3 Å². The lowest BCUT2D eigenvalue weighted by Gasteiger charge is -2.16. The second-order valence-corrected chi connectivity index (χ2v) is 3.60. The summed E-state index contributed by atoms with van der Waals surface area (Å²) < 4.78 is 12.7. The number of nitrogens with zero attached hydrogens (tertiary/aromatic N) is 3. The van der Waals surface area contributed by atoms with E-state index in [1.165, 1.54) is 12.4 Å². The summed E-state index contributed by atoms with van der Waals surface area (Å²) in [5.41, 5.74) is 0. The van der Waals surface area contributed by atoms with Crippen LogP contribution in [0.2, 0.25) is 0 Å². The SMILES string of the molecule is CSCCN(C)c1cc(F)ncn1. The number of hydrogen-bond donors (Lipinski definition) is 0. The number of halogens is 1. The van der Waals surface area contributed by atoms with Crippen LogP contribution in [0.4, 0.5) is 10.2 Å². The van der Waals surface area contributed by atoms with E-state index in [-0.39, 0.29) is 0 Å². The zero-order valence-corrected chi connectivity index (χ0v) is 8.51. The van der Waals surface area contributed by atoms with Crippen LogP contribution in [0.5, 0.6) is 0 Å². The van der Waals surface area contributed by atoms with Crippen LogP contribution < -0.4 is 4.90 Å². The van der Waals surface area contributed by atoms with Crippen LogP contribution in [-0.4, -0.2) is 35.6 Å². The molecule has 0 amide bonds. The summed E-state index contributed by atoms with van der Waals surface area (Å²) in [5, 5.41) is 0. The van der Waals surface area contributed by atoms with Crippen LogP contribution in [-0.2, 0) is 0 Å². The Morgan fingerprint density at radius 1 is 1.54 bits per heavy atom. The van der Waals surface area contributed by atoms with Crippen molar-refractivity contribution in [1.29, 1.82) is 0 Å². The molecule has 0 radical (unpaired) electrons. The molecule has 0 N–H and O–H groups in total. The summed E-state index contributed by atoms with van der Waals surface area (Å²) in [4.78, 5) is 9.25. The number of anilines is 1. The molecule has 0 unspecified atom stereocenters. The molecule has 0 aromatic carbocycles. The molecule has 1 rings (SSSR count). The molecule has 1 aromatic rings. The molecule has 0 aliphatic heterocycles. The lowest BCUT2D eigenvalue weighted by Crippen LogP contribution is -2.21. The highest BCUT2D eigenvalue weighted by molar-refractivity contribution is 7.98. The largest absolute Gasteiger partial charge is 0.359 e. The summed E-state index contributed by atoms with van der Waals surface area (Å²) in [6, 6.07) is 1.33. The molecule has 0 saturated carbocycles. The Kier molecular flexibility index (Phi) is 3.95. The maximum absolute atomic E-state index is 12.7. The molecule has 0 aliphatic rings. The number of thioether (sulfide) groups is 1. The van der Waals surface area contributed by atoms with E-state index >= 15 is 0 Å². The molecule has 0 spiro atoms. The minimum absolute atomic E-state index is 0.485. The van der Waals surface area contributed by atoms with Crippen LogP contribution in [0.25, 0.3) is 0 Å². The molecule has 0 bridgehead atoms. The fraction of sp³-hybridized carbons (Fsp3) is 0.500. The van der Waals surface area contributed by atoms with Crippen molar-refractivity contribution in [2.24, 2.45) is 0 Å². The molecule has 0 atom stereocenters. The van der Waals surface area contributed by atoms with Gasteiger partial charge in [0.2, 0.25) is 5.95 Å². The maximum Gasteiger partial charge on any atom is 0.218 e. The maximum atomic E-state index is 12.7. The van der Waals surface area contributed by atoms with E-state index in [1.54, 1.807) is 11.8 Å². The summed E-state index contributed by atoms with van der Waals surface area (Å²) in [5.74, 6) is 1.14. The van der Waals surface area contributed by atoms with Crippen LogP contribution in [0.3, 0.4) is 0 Å². The molecule has 13 heavy (non-hydrogen) atoms. The molecular formula is C8H12FN3S. The van der Waals surface area contributed by atoms with Gasteiger partial charge in [0.15, 0.2) is 0 Å². The van der Waals surface area contributed by atoms with Gasteiger partial charge in [-0.05, 0) is 6.26 Å². The van der Waals surface area contributed by atoms with Crippen molar-refractivity contribution in [2.45, 2.75) is 0 Å². The zero-order valence-electron chi connectivity index (χ0n) is 7.70. The molecule has 5 heteroatoms. The van der Waals surface area contributed by atoms with Gasteiger partial charge in [-0.3, -0.25) is 0 Å². The lowest BCUT2D eigenvalue weighted by atomic mass is 10.5. The monoisotopic (exact) mass is 201 g/mol. The predicted octanol–water partition coefficient (Wildman–Crippen LogP) is 1.41. The van der Waals surface area contributed by atoms with Crippen molar-refractivity contribution in [3.05, 3.63) is 18.3 Å². The van der Waals surface area contributed by atoms with Gasteiger partial charge < -0.3 is 4.90 Å². The first-order valence-corrected chi connectivity index (χ1v) is 5.31. The van der Waals surface area contributed by atoms with Gasteiger partial charge in [-0.25, -0.2) is 9.97 Å². The normalized spacial score (nSPS) is 10.1. The van der Waals surface area contributed by atoms with Gasteiger partial charge in [-0.15, -0.1) is 0 Å². The Balaban J connectivity index is 2.60. The third-order valence-electron chi connectivity index (χ3n) is 1.64. The van der Waals surface area contributed by atoms with Crippen molar-refractivity contribution in [2.75, 3.05) is 30.5 Å². The van der Waals surface area contributed by atoms with Crippen molar-refractivity contribution in [3.8, 4) is 0 Å². The van der Waals surface area contributed by atoms with E-state index in [9.17, 15) is 4.39 Å². The van der Waals surface area contributed by atoms with Crippen LogP contribution in [0.15, 0.2) is 12.4 Å². The molecular weight excluding hydrogens is 189 g/mol. The van der Waals surface area contributed by atoms with Crippen molar-refractivity contribution in [1.82, 2.24) is 9.97 Å². The molecule has 72 valence electrons. The fourth-order valence-electron chi connectivity index (χ4n) is 0.876. The van der Waals surface area contributed by atoms with Gasteiger partial charge in [0.25, 0.3) is 0 Å². The zero-order chi connectivity index (χ0) is 9.68. The molecule has 0 aliphatic carbocycles. The average Bonchev–Trinajstić information content (AvgIpc) is 2.14. The van der Waals surface area contributed by atoms with E-state index < -0.39 is 5.95 Å². The molecule has 0 saturated heterocycles. The van der Waals surface area contributed by atoms with Gasteiger partial charge in [-0.2, -0.15) is 16.2 Å². The molecule has 3 nitrogen and oxygen atoms in total. The first-order valence-electron chi connectivity index (χ1n) is 3.91. The third kappa shape index (κ3) is 3.18. The van der Waals surface area contributed by atoms with Gasteiger partial charge >= 0.3 is 0 Å². The summed E-state index contributed by atoms with van der Waals surface area (Å²) in [6.07, 6.45) is 3.27. The van der Waals surface area contributed by atoms with Crippen molar-refractivity contribution >= 4 is 17.6 Å². The first-order chi connectivity index (χ1) is 6.24. The van der Waals surface area contributed by atoms with Gasteiger partial charge in [0.1, 0.15) is 12.1 Å². The highest BCUT2D eigenvalue weighted by Gasteiger charge is 2.02. The quantitative estimate of drug-likeness (QED) is 0.689. The summed E-state index contributed by atoms with van der Waals surface area (Å²) in [7, 11) is 1.89. The van der Waals surface area contributed by atoms with E-state index in [0.29, 0.717) is 5.82 Å².